The van der Waals surface area contributed by atoms with Crippen molar-refractivity contribution in [3.8, 4) is 0 Å². The van der Waals surface area contributed by atoms with Gasteiger partial charge < -0.3 is 10.6 Å². The van der Waals surface area contributed by atoms with Crippen molar-refractivity contribution in [3.05, 3.63) is 24.3 Å². The van der Waals surface area contributed by atoms with Gasteiger partial charge in [-0.2, -0.15) is 0 Å². The van der Waals surface area contributed by atoms with Crippen LogP contribution in [-0.4, -0.2) is 17.7 Å². The topological polar surface area (TPSA) is 58.2 Å². The third-order valence-corrected chi connectivity index (χ3v) is 3.49. The summed E-state index contributed by atoms with van der Waals surface area (Å²) in [6, 6.07) is 7.13. The molecule has 1 saturated carbocycles. The van der Waals surface area contributed by atoms with Crippen LogP contribution in [0.25, 0.3) is 0 Å². The van der Waals surface area contributed by atoms with Gasteiger partial charge in [-0.25, -0.2) is 0 Å². The molecule has 2 amide bonds. The van der Waals surface area contributed by atoms with Crippen molar-refractivity contribution in [2.45, 2.75) is 19.8 Å². The summed E-state index contributed by atoms with van der Waals surface area (Å²) in [5.74, 6) is 0.128. The molecule has 2 N–H and O–H groups in total. The molecule has 19 heavy (non-hydrogen) atoms. The van der Waals surface area contributed by atoms with Gasteiger partial charge in [0.1, 0.15) is 0 Å². The first-order valence-corrected chi connectivity index (χ1v) is 6.91. The Morgan fingerprint density at radius 2 is 1.95 bits per heavy atom. The van der Waals surface area contributed by atoms with Gasteiger partial charge in [-0.1, -0.05) is 13.0 Å². The number of rotatable bonds is 5. The number of nitrogens with one attached hydrogen (secondary N) is 2. The highest BCUT2D eigenvalue weighted by Gasteiger charge is 2.29. The molecule has 0 saturated heterocycles. The average molecular weight is 281 g/mol. The normalized spacial score (nSPS) is 15.7. The molecule has 0 spiro atoms. The number of benzene rings is 1. The van der Waals surface area contributed by atoms with Crippen LogP contribution in [0.2, 0.25) is 0 Å². The number of halogens is 1. The Balaban J connectivity index is 1.98. The number of hydrogen-bond acceptors (Lipinski definition) is 2. The summed E-state index contributed by atoms with van der Waals surface area (Å²) < 4.78 is 0. The summed E-state index contributed by atoms with van der Waals surface area (Å²) >= 11 is 5.64. The van der Waals surface area contributed by atoms with E-state index >= 15 is 0 Å². The minimum Gasteiger partial charge on any atom is -0.326 e. The Kier molecular flexibility index (Phi) is 4.43. The van der Waals surface area contributed by atoms with E-state index in [2.05, 4.69) is 10.6 Å². The third-order valence-electron chi connectivity index (χ3n) is 3.02. The molecule has 1 aromatic carbocycles. The lowest BCUT2D eigenvalue weighted by Gasteiger charge is -2.11. The third kappa shape index (κ3) is 3.96. The lowest BCUT2D eigenvalue weighted by Crippen LogP contribution is -2.21. The minimum atomic E-state index is -0.244. The number of hydrogen-bond donors (Lipinski definition) is 2. The van der Waals surface area contributed by atoms with Crippen LogP contribution < -0.4 is 10.6 Å². The second-order valence-electron chi connectivity index (χ2n) is 4.89. The van der Waals surface area contributed by atoms with Crippen molar-refractivity contribution in [2.24, 2.45) is 11.8 Å². The predicted octanol–water partition coefficient (Wildman–Crippen LogP) is 2.85. The summed E-state index contributed by atoms with van der Waals surface area (Å²) in [4.78, 5) is 23.4. The van der Waals surface area contributed by atoms with Crippen LogP contribution in [0.15, 0.2) is 24.3 Å². The average Bonchev–Trinajstić information content (AvgIpc) is 3.22. The lowest BCUT2D eigenvalue weighted by atomic mass is 10.2. The number of carbonyl (C=O) groups is 2. The van der Waals surface area contributed by atoms with Gasteiger partial charge in [0.05, 0.1) is 0 Å². The van der Waals surface area contributed by atoms with E-state index in [1.54, 1.807) is 31.2 Å². The second-order valence-corrected chi connectivity index (χ2v) is 5.20. The molecule has 1 atom stereocenters. The summed E-state index contributed by atoms with van der Waals surface area (Å²) in [6.45, 7) is 1.76. The molecule has 0 aliphatic heterocycles. The molecule has 5 heteroatoms. The Hall–Kier alpha value is -1.55. The van der Waals surface area contributed by atoms with Crippen LogP contribution in [-0.2, 0) is 9.59 Å². The van der Waals surface area contributed by atoms with Crippen LogP contribution in [0.1, 0.15) is 19.8 Å². The van der Waals surface area contributed by atoms with Gasteiger partial charge in [0, 0.05) is 29.1 Å². The van der Waals surface area contributed by atoms with Crippen molar-refractivity contribution in [2.75, 3.05) is 16.5 Å². The van der Waals surface area contributed by atoms with E-state index in [-0.39, 0.29) is 29.5 Å². The van der Waals surface area contributed by atoms with Gasteiger partial charge in [0.2, 0.25) is 11.8 Å². The molecule has 4 nitrogen and oxygen atoms in total. The summed E-state index contributed by atoms with van der Waals surface area (Å²) in [5, 5.41) is 5.62. The molecule has 2 rings (SSSR count). The zero-order chi connectivity index (χ0) is 13.8. The van der Waals surface area contributed by atoms with E-state index in [0.29, 0.717) is 11.4 Å². The highest BCUT2D eigenvalue weighted by Crippen LogP contribution is 2.30. The molecule has 0 radical (unpaired) electrons. The van der Waals surface area contributed by atoms with Gasteiger partial charge in [-0.05, 0) is 31.0 Å². The molecule has 0 aromatic heterocycles. The van der Waals surface area contributed by atoms with E-state index in [0.717, 1.165) is 12.8 Å². The maximum absolute atomic E-state index is 11.7. The fourth-order valence-corrected chi connectivity index (χ4v) is 1.74. The Morgan fingerprint density at radius 3 is 2.53 bits per heavy atom. The van der Waals surface area contributed by atoms with Crippen LogP contribution >= 0.6 is 11.6 Å². The van der Waals surface area contributed by atoms with Crippen molar-refractivity contribution >= 4 is 34.8 Å². The van der Waals surface area contributed by atoms with Crippen LogP contribution in [0, 0.1) is 11.8 Å². The molecular formula is C14H17ClN2O2. The van der Waals surface area contributed by atoms with E-state index in [1.165, 1.54) is 0 Å². The first-order valence-electron chi connectivity index (χ1n) is 6.38. The minimum absolute atomic E-state index is 0.0533. The van der Waals surface area contributed by atoms with Crippen molar-refractivity contribution in [1.82, 2.24) is 0 Å². The van der Waals surface area contributed by atoms with Crippen molar-refractivity contribution < 1.29 is 9.59 Å². The fraction of sp³-hybridized carbons (Fsp3) is 0.429. The van der Waals surface area contributed by atoms with Crippen LogP contribution in [0.3, 0.4) is 0 Å². The predicted molar refractivity (Wildman–Crippen MR) is 76.3 cm³/mol. The summed E-state index contributed by atoms with van der Waals surface area (Å²) in [7, 11) is 0. The summed E-state index contributed by atoms with van der Waals surface area (Å²) in [6.07, 6.45) is 1.94. The van der Waals surface area contributed by atoms with E-state index < -0.39 is 0 Å². The molecule has 0 bridgehead atoms. The number of carbonyl (C=O) groups excluding carboxylic acids is 2. The van der Waals surface area contributed by atoms with Gasteiger partial charge in [-0.3, -0.25) is 9.59 Å². The molecule has 1 fully saturated rings. The fourth-order valence-electron chi connectivity index (χ4n) is 1.60. The molecule has 1 unspecified atom stereocenters. The largest absolute Gasteiger partial charge is 0.326 e. The van der Waals surface area contributed by atoms with Gasteiger partial charge in [-0.15, -0.1) is 11.6 Å². The van der Waals surface area contributed by atoms with E-state index in [4.69, 9.17) is 11.6 Å². The second kappa shape index (κ2) is 6.06. The Morgan fingerprint density at radius 1 is 1.32 bits per heavy atom. The monoisotopic (exact) mass is 280 g/mol. The number of amides is 2. The molecule has 102 valence electrons. The highest BCUT2D eigenvalue weighted by atomic mass is 35.5. The first kappa shape index (κ1) is 13.9. The quantitative estimate of drug-likeness (QED) is 0.815. The molecule has 1 aliphatic carbocycles. The lowest BCUT2D eigenvalue weighted by molar-refractivity contribution is -0.119. The Labute approximate surface area is 117 Å². The zero-order valence-electron chi connectivity index (χ0n) is 10.8. The zero-order valence-corrected chi connectivity index (χ0v) is 11.5. The van der Waals surface area contributed by atoms with Gasteiger partial charge >= 0.3 is 0 Å². The Bertz CT molecular complexity index is 486. The van der Waals surface area contributed by atoms with Crippen molar-refractivity contribution in [1.29, 1.82) is 0 Å². The maximum atomic E-state index is 11.7. The molecule has 1 aliphatic rings. The number of alkyl halides is 1. The molecule has 1 aromatic rings. The molecule has 0 heterocycles. The first-order chi connectivity index (χ1) is 9.10. The van der Waals surface area contributed by atoms with E-state index in [1.807, 2.05) is 0 Å². The van der Waals surface area contributed by atoms with Crippen molar-refractivity contribution in [3.63, 3.8) is 0 Å². The smallest absolute Gasteiger partial charge is 0.228 e. The van der Waals surface area contributed by atoms with Gasteiger partial charge in [0.15, 0.2) is 0 Å². The highest BCUT2D eigenvalue weighted by molar-refractivity contribution is 6.19. The maximum Gasteiger partial charge on any atom is 0.228 e. The van der Waals surface area contributed by atoms with Crippen LogP contribution in [0.4, 0.5) is 11.4 Å². The standard InChI is InChI=1S/C14H17ClN2O2/c1-9(8-15)13(18)16-11-3-2-4-12(7-11)17-14(19)10-5-6-10/h2-4,7,9-10H,5-6,8H2,1H3,(H,16,18)(H,17,19). The number of anilines is 2. The SMILES string of the molecule is CC(CCl)C(=O)Nc1cccc(NC(=O)C2CC2)c1. The molecular weight excluding hydrogens is 264 g/mol. The van der Waals surface area contributed by atoms with Gasteiger partial charge in [0.25, 0.3) is 0 Å². The summed E-state index contributed by atoms with van der Waals surface area (Å²) in [5.41, 5.74) is 1.36. The van der Waals surface area contributed by atoms with Crippen LogP contribution in [0.5, 0.6) is 0 Å². The van der Waals surface area contributed by atoms with E-state index in [9.17, 15) is 9.59 Å².